The molecule has 0 aliphatic heterocycles. The molecule has 0 fully saturated rings. The normalized spacial score (nSPS) is 14.2. The van der Waals surface area contributed by atoms with Crippen LogP contribution in [0.2, 0.25) is 0 Å². The van der Waals surface area contributed by atoms with E-state index in [1.165, 1.54) is 0 Å². The molecule has 2 atom stereocenters. The molecule has 1 rings (SSSR count). The molecule has 8 heteroatoms. The lowest BCUT2D eigenvalue weighted by Crippen LogP contribution is -2.26. The molecule has 0 aliphatic carbocycles. The van der Waals surface area contributed by atoms with Crippen LogP contribution >= 0.6 is 0 Å². The van der Waals surface area contributed by atoms with Crippen LogP contribution in [0.1, 0.15) is 18.1 Å². The van der Waals surface area contributed by atoms with Gasteiger partial charge in [0.2, 0.25) is 5.91 Å². The van der Waals surface area contributed by atoms with Gasteiger partial charge in [0.05, 0.1) is 18.1 Å². The Labute approximate surface area is 106 Å². The van der Waals surface area contributed by atoms with E-state index in [1.54, 1.807) is 0 Å². The zero-order valence-electron chi connectivity index (χ0n) is 9.59. The molecular formula is C11H12F3NO4. The van der Waals surface area contributed by atoms with Crippen molar-refractivity contribution >= 4 is 5.91 Å². The summed E-state index contributed by atoms with van der Waals surface area (Å²) in [4.78, 5) is 10.6. The molecule has 0 saturated heterocycles. The quantitative estimate of drug-likeness (QED) is 0.714. The summed E-state index contributed by atoms with van der Waals surface area (Å²) in [5, 5.41) is 19.2. The molecule has 0 aromatic heterocycles. The number of hydrogen-bond donors (Lipinski definition) is 3. The van der Waals surface area contributed by atoms with Gasteiger partial charge in [0.1, 0.15) is 17.7 Å². The number of nitrogens with two attached hydrogens (primary N) is 1. The highest BCUT2D eigenvalue weighted by Crippen LogP contribution is 2.31. The van der Waals surface area contributed by atoms with Crippen molar-refractivity contribution < 1.29 is 32.9 Å². The number of aliphatic hydroxyl groups is 2. The van der Waals surface area contributed by atoms with E-state index in [0.717, 1.165) is 18.2 Å². The maximum atomic E-state index is 13.5. The van der Waals surface area contributed by atoms with Gasteiger partial charge >= 0.3 is 6.61 Å². The first-order valence-corrected chi connectivity index (χ1v) is 5.20. The van der Waals surface area contributed by atoms with Crippen molar-refractivity contribution in [2.75, 3.05) is 0 Å². The van der Waals surface area contributed by atoms with Gasteiger partial charge in [-0.25, -0.2) is 4.39 Å². The van der Waals surface area contributed by atoms with E-state index < -0.39 is 48.3 Å². The number of carbonyl (C=O) groups excluding carboxylic acids is 1. The Hall–Kier alpha value is -1.80. The van der Waals surface area contributed by atoms with Crippen LogP contribution in [0.15, 0.2) is 18.2 Å². The SMILES string of the molecule is NC(=O)CC(O)C(O)c1c(F)cccc1OC(F)F. The molecule has 1 amide bonds. The Morgan fingerprint density at radius 1 is 1.37 bits per heavy atom. The second-order valence-electron chi connectivity index (χ2n) is 3.71. The lowest BCUT2D eigenvalue weighted by Gasteiger charge is -2.20. The Bertz CT molecular complexity index is 456. The third kappa shape index (κ3) is 4.11. The predicted octanol–water partition coefficient (Wildman–Crippen LogP) is 0.697. The summed E-state index contributed by atoms with van der Waals surface area (Å²) in [7, 11) is 0. The Balaban J connectivity index is 3.06. The molecule has 2 unspecified atom stereocenters. The second kappa shape index (κ2) is 6.39. The van der Waals surface area contributed by atoms with E-state index in [2.05, 4.69) is 4.74 Å². The largest absolute Gasteiger partial charge is 0.434 e. The molecule has 1 aromatic carbocycles. The molecule has 1 aromatic rings. The Morgan fingerprint density at radius 2 is 2.00 bits per heavy atom. The van der Waals surface area contributed by atoms with Crippen LogP contribution in [0.5, 0.6) is 5.75 Å². The van der Waals surface area contributed by atoms with E-state index in [4.69, 9.17) is 5.73 Å². The van der Waals surface area contributed by atoms with Crippen molar-refractivity contribution in [2.24, 2.45) is 5.73 Å². The fraction of sp³-hybridized carbons (Fsp3) is 0.364. The number of primary amides is 1. The number of benzene rings is 1. The van der Waals surface area contributed by atoms with Gasteiger partial charge < -0.3 is 20.7 Å². The first-order chi connectivity index (χ1) is 8.82. The topological polar surface area (TPSA) is 92.8 Å². The van der Waals surface area contributed by atoms with Crippen molar-refractivity contribution in [2.45, 2.75) is 25.2 Å². The summed E-state index contributed by atoms with van der Waals surface area (Å²) < 4.78 is 41.9. The van der Waals surface area contributed by atoms with Crippen LogP contribution in [0.25, 0.3) is 0 Å². The van der Waals surface area contributed by atoms with Crippen LogP contribution in [0.3, 0.4) is 0 Å². The smallest absolute Gasteiger partial charge is 0.387 e. The highest BCUT2D eigenvalue weighted by Gasteiger charge is 2.27. The van der Waals surface area contributed by atoms with Crippen LogP contribution in [0.4, 0.5) is 13.2 Å². The summed E-state index contributed by atoms with van der Waals surface area (Å²) in [6.07, 6.45) is -4.29. The fourth-order valence-corrected chi connectivity index (χ4v) is 1.51. The second-order valence-corrected chi connectivity index (χ2v) is 3.71. The molecule has 19 heavy (non-hydrogen) atoms. The summed E-state index contributed by atoms with van der Waals surface area (Å²) in [6.45, 7) is -3.22. The third-order valence-corrected chi connectivity index (χ3v) is 2.30. The van der Waals surface area contributed by atoms with Crippen molar-refractivity contribution in [1.29, 1.82) is 0 Å². The Kier molecular flexibility index (Phi) is 5.13. The molecule has 5 nitrogen and oxygen atoms in total. The van der Waals surface area contributed by atoms with Gasteiger partial charge in [-0.3, -0.25) is 4.79 Å². The van der Waals surface area contributed by atoms with Crippen LogP contribution < -0.4 is 10.5 Å². The number of halogens is 3. The molecule has 0 aliphatic rings. The summed E-state index contributed by atoms with van der Waals surface area (Å²) in [6, 6.07) is 3.00. The standard InChI is InChI=1S/C11H12F3NO4/c12-5-2-1-3-7(19-11(13)14)9(5)10(18)6(16)4-8(15)17/h1-3,6,10-11,16,18H,4H2,(H2,15,17). The zero-order valence-corrected chi connectivity index (χ0v) is 9.59. The highest BCUT2D eigenvalue weighted by atomic mass is 19.3. The van der Waals surface area contributed by atoms with E-state index in [-0.39, 0.29) is 0 Å². The number of amides is 1. The summed E-state index contributed by atoms with van der Waals surface area (Å²) in [5.74, 6) is -2.60. The number of alkyl halides is 2. The molecule has 106 valence electrons. The van der Waals surface area contributed by atoms with Gasteiger partial charge in [-0.2, -0.15) is 8.78 Å². The number of aliphatic hydroxyl groups excluding tert-OH is 2. The molecule has 4 N–H and O–H groups in total. The first-order valence-electron chi connectivity index (χ1n) is 5.20. The number of hydrogen-bond acceptors (Lipinski definition) is 4. The number of ether oxygens (including phenoxy) is 1. The minimum absolute atomic E-state index is 0.619. The van der Waals surface area contributed by atoms with Gasteiger partial charge in [0.15, 0.2) is 0 Å². The predicted molar refractivity (Wildman–Crippen MR) is 57.8 cm³/mol. The van der Waals surface area contributed by atoms with Gasteiger partial charge in [-0.15, -0.1) is 0 Å². The molecule has 0 saturated carbocycles. The van der Waals surface area contributed by atoms with E-state index in [9.17, 15) is 28.2 Å². The van der Waals surface area contributed by atoms with Crippen LogP contribution in [0, 0.1) is 5.82 Å². The van der Waals surface area contributed by atoms with E-state index in [1.807, 2.05) is 0 Å². The van der Waals surface area contributed by atoms with E-state index >= 15 is 0 Å². The molecular weight excluding hydrogens is 267 g/mol. The minimum atomic E-state index is -3.22. The Morgan fingerprint density at radius 3 is 2.53 bits per heavy atom. The highest BCUT2D eigenvalue weighted by molar-refractivity contribution is 5.74. The lowest BCUT2D eigenvalue weighted by molar-refractivity contribution is -0.122. The molecule has 0 heterocycles. The third-order valence-electron chi connectivity index (χ3n) is 2.30. The fourth-order valence-electron chi connectivity index (χ4n) is 1.51. The monoisotopic (exact) mass is 279 g/mol. The molecule has 0 spiro atoms. The van der Waals surface area contributed by atoms with Gasteiger partial charge in [-0.05, 0) is 12.1 Å². The molecule has 0 bridgehead atoms. The summed E-state index contributed by atoms with van der Waals surface area (Å²) in [5.41, 5.74) is 4.16. The van der Waals surface area contributed by atoms with Crippen molar-refractivity contribution in [3.8, 4) is 5.75 Å². The van der Waals surface area contributed by atoms with Crippen LogP contribution in [-0.2, 0) is 4.79 Å². The van der Waals surface area contributed by atoms with Crippen molar-refractivity contribution in [3.63, 3.8) is 0 Å². The zero-order chi connectivity index (χ0) is 14.6. The first kappa shape index (κ1) is 15.3. The van der Waals surface area contributed by atoms with Gasteiger partial charge in [0.25, 0.3) is 0 Å². The average molecular weight is 279 g/mol. The number of carbonyl (C=O) groups is 1. The van der Waals surface area contributed by atoms with E-state index in [0.29, 0.717) is 0 Å². The average Bonchev–Trinajstić information content (AvgIpc) is 2.26. The lowest BCUT2D eigenvalue weighted by atomic mass is 10.0. The number of rotatable bonds is 6. The van der Waals surface area contributed by atoms with Crippen molar-refractivity contribution in [1.82, 2.24) is 0 Å². The van der Waals surface area contributed by atoms with Crippen molar-refractivity contribution in [3.05, 3.63) is 29.6 Å². The minimum Gasteiger partial charge on any atom is -0.434 e. The maximum Gasteiger partial charge on any atom is 0.387 e. The van der Waals surface area contributed by atoms with Crippen LogP contribution in [-0.4, -0.2) is 28.8 Å². The maximum absolute atomic E-state index is 13.5. The summed E-state index contributed by atoms with van der Waals surface area (Å²) >= 11 is 0. The van der Waals surface area contributed by atoms with Gasteiger partial charge in [-0.1, -0.05) is 6.07 Å². The van der Waals surface area contributed by atoms with Gasteiger partial charge in [0, 0.05) is 0 Å². The molecule has 0 radical (unpaired) electrons.